The largest absolute Gasteiger partial charge is 0.491 e. The van der Waals surface area contributed by atoms with Crippen LogP contribution in [0.5, 0.6) is 17.2 Å². The van der Waals surface area contributed by atoms with Crippen molar-refractivity contribution in [3.8, 4) is 17.2 Å². The van der Waals surface area contributed by atoms with Gasteiger partial charge in [-0.2, -0.15) is 26.3 Å². The zero-order valence-electron chi connectivity index (χ0n) is 34.7. The number of aliphatic hydroxyl groups is 1. The molecule has 6 nitrogen and oxygen atoms in total. The van der Waals surface area contributed by atoms with Gasteiger partial charge in [0.15, 0.2) is 0 Å². The van der Waals surface area contributed by atoms with Crippen molar-refractivity contribution in [2.75, 3.05) is 39.4 Å². The number of ether oxygens (including phenoxy) is 3. The van der Waals surface area contributed by atoms with Gasteiger partial charge in [0.05, 0.1) is 17.7 Å². The molecule has 4 aromatic rings. The lowest BCUT2D eigenvalue weighted by Gasteiger charge is -2.46. The summed E-state index contributed by atoms with van der Waals surface area (Å²) in [6.45, 7) is 16.4. The summed E-state index contributed by atoms with van der Waals surface area (Å²) in [4.78, 5) is 4.61. The van der Waals surface area contributed by atoms with Gasteiger partial charge in [-0.25, -0.2) is 4.39 Å². The fourth-order valence-corrected chi connectivity index (χ4v) is 6.88. The van der Waals surface area contributed by atoms with E-state index in [-0.39, 0.29) is 35.7 Å². The van der Waals surface area contributed by atoms with Gasteiger partial charge in [-0.15, -0.1) is 0 Å². The molecule has 0 aromatic heterocycles. The number of likely N-dealkylation sites (tertiary alicyclic amines) is 2. The van der Waals surface area contributed by atoms with Gasteiger partial charge < -0.3 is 19.3 Å². The van der Waals surface area contributed by atoms with Gasteiger partial charge in [-0.1, -0.05) is 60.7 Å². The summed E-state index contributed by atoms with van der Waals surface area (Å²) in [5.74, 6) is 0.442. The average molecular weight is 835 g/mol. The first-order chi connectivity index (χ1) is 27.6. The van der Waals surface area contributed by atoms with Crippen LogP contribution in [0.3, 0.4) is 0 Å². The molecule has 0 aliphatic carbocycles. The van der Waals surface area contributed by atoms with Gasteiger partial charge in [0.25, 0.3) is 0 Å². The van der Waals surface area contributed by atoms with E-state index in [0.717, 1.165) is 81.6 Å². The van der Waals surface area contributed by atoms with Crippen LogP contribution >= 0.6 is 0 Å². The zero-order valence-corrected chi connectivity index (χ0v) is 34.7. The van der Waals surface area contributed by atoms with E-state index < -0.39 is 34.8 Å². The molecule has 2 fully saturated rings. The molecule has 2 aliphatic rings. The third-order valence-corrected chi connectivity index (χ3v) is 10.9. The Labute approximate surface area is 343 Å². The summed E-state index contributed by atoms with van der Waals surface area (Å²) in [5.41, 5.74) is -2.83. The topological polar surface area (TPSA) is 54.4 Å². The summed E-state index contributed by atoms with van der Waals surface area (Å²) in [5, 5.41) is 9.44. The highest BCUT2D eigenvalue weighted by Gasteiger charge is 2.40. The van der Waals surface area contributed by atoms with Crippen LogP contribution in [0.15, 0.2) is 109 Å². The molecule has 6 rings (SSSR count). The number of halogens is 7. The first-order valence-corrected chi connectivity index (χ1v) is 19.8. The number of aliphatic hydroxyl groups excluding tert-OH is 1. The number of alkyl halides is 6. The number of hydrogen-bond acceptors (Lipinski definition) is 6. The van der Waals surface area contributed by atoms with Crippen molar-refractivity contribution < 1.29 is 50.1 Å². The van der Waals surface area contributed by atoms with E-state index in [1.807, 2.05) is 74.5 Å². The monoisotopic (exact) mass is 834 g/mol. The highest BCUT2D eigenvalue weighted by Crippen LogP contribution is 2.38. The third kappa shape index (κ3) is 14.1. The van der Waals surface area contributed by atoms with Crippen LogP contribution in [0, 0.1) is 5.82 Å². The summed E-state index contributed by atoms with van der Waals surface area (Å²) in [6, 6.07) is 29.0. The van der Waals surface area contributed by atoms with Crippen LogP contribution in [0.4, 0.5) is 30.7 Å². The van der Waals surface area contributed by atoms with E-state index in [9.17, 15) is 35.8 Å². The van der Waals surface area contributed by atoms with Gasteiger partial charge in [-0.05, 0) is 116 Å². The Balaban J connectivity index is 0.000000219. The molecule has 4 aromatic carbocycles. The van der Waals surface area contributed by atoms with Crippen LogP contribution in [-0.4, -0.2) is 76.6 Å². The summed E-state index contributed by atoms with van der Waals surface area (Å²) in [7, 11) is 0. The smallest absolute Gasteiger partial charge is 0.419 e. The minimum Gasteiger partial charge on any atom is -0.491 e. The Morgan fingerprint density at radius 1 is 0.542 bits per heavy atom. The second-order valence-electron chi connectivity index (χ2n) is 16.7. The molecule has 324 valence electrons. The maximum Gasteiger partial charge on any atom is 0.419 e. The van der Waals surface area contributed by atoms with Gasteiger partial charge in [0.2, 0.25) is 0 Å². The Morgan fingerprint density at radius 3 is 1.31 bits per heavy atom. The average Bonchev–Trinajstić information content (AvgIpc) is 3.18. The number of hydrogen-bond donors (Lipinski definition) is 1. The molecule has 2 saturated heterocycles. The van der Waals surface area contributed by atoms with E-state index in [4.69, 9.17) is 14.2 Å². The predicted octanol–water partition coefficient (Wildman–Crippen LogP) is 11.3. The van der Waals surface area contributed by atoms with Crippen molar-refractivity contribution >= 4 is 0 Å². The van der Waals surface area contributed by atoms with E-state index in [1.54, 1.807) is 6.07 Å². The maximum atomic E-state index is 13.2. The highest BCUT2D eigenvalue weighted by molar-refractivity contribution is 5.35. The van der Waals surface area contributed by atoms with E-state index >= 15 is 0 Å². The number of piperidine rings is 2. The van der Waals surface area contributed by atoms with Crippen LogP contribution in [0.2, 0.25) is 0 Å². The van der Waals surface area contributed by atoms with Gasteiger partial charge >= 0.3 is 12.4 Å². The molecule has 0 radical (unpaired) electrons. The second-order valence-corrected chi connectivity index (χ2v) is 16.7. The van der Waals surface area contributed by atoms with Gasteiger partial charge in [0.1, 0.15) is 40.9 Å². The van der Waals surface area contributed by atoms with E-state index in [0.29, 0.717) is 6.07 Å². The lowest BCUT2D eigenvalue weighted by Crippen LogP contribution is -2.55. The summed E-state index contributed by atoms with van der Waals surface area (Å²) >= 11 is 0. The van der Waals surface area contributed by atoms with Crippen LogP contribution in [-0.2, 0) is 12.4 Å². The molecule has 0 amide bonds. The predicted molar refractivity (Wildman–Crippen MR) is 216 cm³/mol. The van der Waals surface area contributed by atoms with Crippen molar-refractivity contribution in [3.63, 3.8) is 0 Å². The minimum atomic E-state index is -4.59. The van der Waals surface area contributed by atoms with Crippen molar-refractivity contribution in [2.45, 2.75) is 102 Å². The number of benzene rings is 4. The highest BCUT2D eigenvalue weighted by atomic mass is 19.4. The molecule has 2 aliphatic heterocycles. The van der Waals surface area contributed by atoms with Crippen molar-refractivity contribution in [1.82, 2.24) is 9.80 Å². The molecule has 2 heterocycles. The fraction of sp³-hybridized carbons (Fsp3) is 0.478. The van der Waals surface area contributed by atoms with Crippen LogP contribution in [0.1, 0.15) is 78.4 Å². The van der Waals surface area contributed by atoms with E-state index in [1.165, 1.54) is 18.2 Å². The maximum absolute atomic E-state index is 13.2. The Kier molecular flexibility index (Phi) is 15.9. The van der Waals surface area contributed by atoms with Crippen molar-refractivity contribution in [2.24, 2.45) is 0 Å². The molecule has 59 heavy (non-hydrogen) atoms. The minimum absolute atomic E-state index is 0.0939. The van der Waals surface area contributed by atoms with Crippen molar-refractivity contribution in [3.05, 3.63) is 126 Å². The molecular weight excluding hydrogens is 778 g/mol. The second kappa shape index (κ2) is 19.8. The summed E-state index contributed by atoms with van der Waals surface area (Å²) < 4.78 is 105. The SMILES string of the molecule is CC1(Oc2ccccc2)CCN(C(C)(C)CO)CC1.CC1(Oc2ccccc2)CCN(C(C)(C)COc2ccccc2C(F)(F)F)CC1.Fc1ccccc1C(F)(F)F. The first kappa shape index (κ1) is 47.3. The lowest BCUT2D eigenvalue weighted by molar-refractivity contribution is -0.140. The molecule has 1 N–H and O–H groups in total. The standard InChI is InChI=1S/C23H28F3NO2.C16H25NO2.C7H4F4/c1-21(2,17-28-20-12-8-7-11-19(20)23(24,25)26)27-15-13-22(3,14-16-27)29-18-9-5-4-6-10-18;1-15(2,13-18)17-11-9-16(3,10-12-17)19-14-7-5-4-6-8-14;8-6-4-2-1-3-5(6)7(9,10)11/h4-12H,13-17H2,1-3H3;4-8,18H,9-13H2,1-3H3;1-4H. The number of nitrogens with zero attached hydrogens (tertiary/aromatic N) is 2. The van der Waals surface area contributed by atoms with E-state index in [2.05, 4.69) is 37.5 Å². The molecule has 0 spiro atoms. The van der Waals surface area contributed by atoms with Crippen molar-refractivity contribution in [1.29, 1.82) is 0 Å². The Morgan fingerprint density at radius 2 is 0.915 bits per heavy atom. The Hall–Kier alpha value is -4.33. The number of para-hydroxylation sites is 3. The summed E-state index contributed by atoms with van der Waals surface area (Å²) in [6.07, 6.45) is -5.36. The molecule has 0 bridgehead atoms. The van der Waals surface area contributed by atoms with Crippen LogP contribution in [0.25, 0.3) is 0 Å². The molecule has 0 atom stereocenters. The van der Waals surface area contributed by atoms with Gasteiger partial charge in [-0.3, -0.25) is 9.80 Å². The lowest BCUT2D eigenvalue weighted by atomic mass is 9.90. The quantitative estimate of drug-likeness (QED) is 0.161. The third-order valence-electron chi connectivity index (χ3n) is 10.9. The zero-order chi connectivity index (χ0) is 43.5. The Bertz CT molecular complexity index is 1850. The molecule has 0 unspecified atom stereocenters. The molecule has 0 saturated carbocycles. The van der Waals surface area contributed by atoms with Crippen LogP contribution < -0.4 is 14.2 Å². The number of rotatable bonds is 10. The first-order valence-electron chi connectivity index (χ1n) is 19.8. The van der Waals surface area contributed by atoms with Gasteiger partial charge in [0, 0.05) is 37.3 Å². The molecular formula is C46H57F7N2O4. The normalized spacial score (nSPS) is 17.4. The molecule has 13 heteroatoms. The fourth-order valence-electron chi connectivity index (χ4n) is 6.88.